The van der Waals surface area contributed by atoms with Crippen molar-refractivity contribution < 1.29 is 18.7 Å². The number of halogens is 2. The number of ether oxygens (including phenoxy) is 2. The van der Waals surface area contributed by atoms with Crippen molar-refractivity contribution in [2.24, 2.45) is 0 Å². The van der Waals surface area contributed by atoms with E-state index >= 15 is 4.39 Å². The van der Waals surface area contributed by atoms with E-state index in [9.17, 15) is 4.79 Å². The molecule has 2 aromatic heterocycles. The number of amides is 1. The Kier molecular flexibility index (Phi) is 7.76. The van der Waals surface area contributed by atoms with Crippen LogP contribution in [0.25, 0.3) is 32.9 Å². The first-order valence-corrected chi connectivity index (χ1v) is 15.0. The minimum absolute atomic E-state index is 0.0564. The standard InChI is InChI=1S/C32H36ClFN6O3/c1-32(2,3)43-31(41)40-16-21(17-40)39(5)29-23-15-35-27(22-12-6-9-19-10-7-13-24(33)25(19)22)26(34)28(23)36-30(37-29)42-18-20-11-8-14-38(20)4/h6-7,9-10,12-13,15,20-21H,8,11,14,16-18H2,1-5H3/t20-/m0/s1. The molecule has 0 spiro atoms. The fourth-order valence-electron chi connectivity index (χ4n) is 5.74. The number of pyridine rings is 1. The lowest BCUT2D eigenvalue weighted by atomic mass is 10.0. The Morgan fingerprint density at radius 1 is 1.16 bits per heavy atom. The van der Waals surface area contributed by atoms with Crippen molar-refractivity contribution in [2.45, 2.75) is 51.3 Å². The molecule has 226 valence electrons. The first kappa shape index (κ1) is 29.3. The third kappa shape index (κ3) is 5.78. The number of benzene rings is 2. The Morgan fingerprint density at radius 3 is 2.60 bits per heavy atom. The van der Waals surface area contributed by atoms with Gasteiger partial charge in [-0.3, -0.25) is 4.98 Å². The lowest BCUT2D eigenvalue weighted by Gasteiger charge is -2.44. The van der Waals surface area contributed by atoms with Gasteiger partial charge in [0.1, 0.15) is 29.2 Å². The lowest BCUT2D eigenvalue weighted by Crippen LogP contribution is -2.61. The molecule has 4 heterocycles. The monoisotopic (exact) mass is 606 g/mol. The molecular weight excluding hydrogens is 571 g/mol. The third-order valence-corrected chi connectivity index (χ3v) is 8.54. The summed E-state index contributed by atoms with van der Waals surface area (Å²) in [6.45, 7) is 7.83. The largest absolute Gasteiger partial charge is 0.462 e. The molecule has 9 nitrogen and oxygen atoms in total. The molecule has 2 fully saturated rings. The van der Waals surface area contributed by atoms with Crippen LogP contribution >= 0.6 is 11.6 Å². The highest BCUT2D eigenvalue weighted by molar-refractivity contribution is 6.36. The first-order valence-electron chi connectivity index (χ1n) is 14.6. The zero-order chi connectivity index (χ0) is 30.5. The van der Waals surface area contributed by atoms with Gasteiger partial charge < -0.3 is 24.2 Å². The van der Waals surface area contributed by atoms with Gasteiger partial charge in [-0.25, -0.2) is 9.18 Å². The highest BCUT2D eigenvalue weighted by Gasteiger charge is 2.37. The van der Waals surface area contributed by atoms with Crippen LogP contribution in [0.5, 0.6) is 6.01 Å². The Labute approximate surface area is 255 Å². The summed E-state index contributed by atoms with van der Waals surface area (Å²) in [4.78, 5) is 32.3. The second-order valence-electron chi connectivity index (χ2n) is 12.4. The molecule has 43 heavy (non-hydrogen) atoms. The topological polar surface area (TPSA) is 83.9 Å². The summed E-state index contributed by atoms with van der Waals surface area (Å²) in [5.74, 6) is -0.0867. The number of fused-ring (bicyclic) bond motifs is 2. The molecular formula is C32H36ClFN6O3. The number of hydrogen-bond donors (Lipinski definition) is 0. The molecule has 6 rings (SSSR count). The number of rotatable bonds is 6. The number of anilines is 1. The molecule has 4 aromatic rings. The molecule has 1 amide bonds. The Balaban J connectivity index is 1.38. The van der Waals surface area contributed by atoms with Gasteiger partial charge in [0.2, 0.25) is 0 Å². The molecule has 2 aliphatic rings. The normalized spacial score (nSPS) is 17.8. The van der Waals surface area contributed by atoms with Crippen molar-refractivity contribution >= 4 is 45.2 Å². The minimum atomic E-state index is -0.578. The first-order chi connectivity index (χ1) is 20.5. The van der Waals surface area contributed by atoms with Crippen molar-refractivity contribution in [2.75, 3.05) is 45.2 Å². The smallest absolute Gasteiger partial charge is 0.410 e. The molecule has 11 heteroatoms. The summed E-state index contributed by atoms with van der Waals surface area (Å²) < 4.78 is 28.1. The van der Waals surface area contributed by atoms with Gasteiger partial charge in [0.25, 0.3) is 0 Å². The van der Waals surface area contributed by atoms with Crippen molar-refractivity contribution in [1.29, 1.82) is 0 Å². The fourth-order valence-corrected chi connectivity index (χ4v) is 6.03. The van der Waals surface area contributed by atoms with E-state index in [1.54, 1.807) is 17.2 Å². The predicted molar refractivity (Wildman–Crippen MR) is 166 cm³/mol. The number of carbonyl (C=O) groups excluding carboxylic acids is 1. The molecule has 1 atom stereocenters. The van der Waals surface area contributed by atoms with Crippen LogP contribution in [0.2, 0.25) is 5.02 Å². The van der Waals surface area contributed by atoms with Gasteiger partial charge in [-0.05, 0) is 58.7 Å². The van der Waals surface area contributed by atoms with Gasteiger partial charge in [-0.1, -0.05) is 41.9 Å². The summed E-state index contributed by atoms with van der Waals surface area (Å²) in [6.07, 6.45) is 3.36. The van der Waals surface area contributed by atoms with Gasteiger partial charge in [-0.2, -0.15) is 9.97 Å². The number of carbonyl (C=O) groups is 1. The van der Waals surface area contributed by atoms with Gasteiger partial charge in [-0.15, -0.1) is 0 Å². The van der Waals surface area contributed by atoms with E-state index in [0.29, 0.717) is 41.5 Å². The van der Waals surface area contributed by atoms with Crippen molar-refractivity contribution in [3.05, 3.63) is 53.4 Å². The van der Waals surface area contributed by atoms with Crippen LogP contribution in [0.1, 0.15) is 33.6 Å². The van der Waals surface area contributed by atoms with E-state index in [2.05, 4.69) is 21.9 Å². The number of aromatic nitrogens is 3. The number of hydrogen-bond acceptors (Lipinski definition) is 8. The second kappa shape index (κ2) is 11.4. The number of likely N-dealkylation sites (N-methyl/N-ethyl adjacent to an activating group) is 2. The van der Waals surface area contributed by atoms with Crippen molar-refractivity contribution in [3.63, 3.8) is 0 Å². The predicted octanol–water partition coefficient (Wildman–Crippen LogP) is 6.17. The average Bonchev–Trinajstić information content (AvgIpc) is 3.34. The van der Waals surface area contributed by atoms with E-state index < -0.39 is 11.4 Å². The summed E-state index contributed by atoms with van der Waals surface area (Å²) in [5, 5.41) is 2.58. The van der Waals surface area contributed by atoms with E-state index in [1.807, 2.05) is 63.1 Å². The Bertz CT molecular complexity index is 1680. The highest BCUT2D eigenvalue weighted by Crippen LogP contribution is 2.38. The molecule has 2 aromatic carbocycles. The van der Waals surface area contributed by atoms with Crippen LogP contribution in [0, 0.1) is 5.82 Å². The van der Waals surface area contributed by atoms with Crippen LogP contribution < -0.4 is 9.64 Å². The maximum absolute atomic E-state index is 16.5. The Hall–Kier alpha value is -3.76. The molecule has 0 aliphatic carbocycles. The zero-order valence-electron chi connectivity index (χ0n) is 25.1. The average molecular weight is 607 g/mol. The molecule has 0 bridgehead atoms. The van der Waals surface area contributed by atoms with Gasteiger partial charge in [0.15, 0.2) is 5.82 Å². The maximum Gasteiger partial charge on any atom is 0.410 e. The van der Waals surface area contributed by atoms with Gasteiger partial charge >= 0.3 is 12.1 Å². The van der Waals surface area contributed by atoms with Crippen LogP contribution in [0.15, 0.2) is 42.6 Å². The molecule has 0 saturated carbocycles. The number of nitrogens with zero attached hydrogens (tertiary/aromatic N) is 6. The summed E-state index contributed by atoms with van der Waals surface area (Å²) >= 11 is 6.57. The SMILES string of the molecule is CN(c1nc(OC[C@@H]2CCCN2C)nc2c(F)c(-c3cccc4cccc(Cl)c34)ncc12)C1CN(C(=O)OC(C)(C)C)C1. The zero-order valence-corrected chi connectivity index (χ0v) is 25.9. The number of likely N-dealkylation sites (tertiary alicyclic amines) is 2. The lowest BCUT2D eigenvalue weighted by molar-refractivity contribution is 0.00847. The molecule has 0 radical (unpaired) electrons. The maximum atomic E-state index is 16.5. The van der Waals surface area contributed by atoms with E-state index in [4.69, 9.17) is 26.1 Å². The minimum Gasteiger partial charge on any atom is -0.462 e. The second-order valence-corrected chi connectivity index (χ2v) is 12.8. The van der Waals surface area contributed by atoms with Crippen LogP contribution in [-0.4, -0.2) is 88.9 Å². The summed E-state index contributed by atoms with van der Waals surface area (Å²) in [6, 6.07) is 11.5. The van der Waals surface area contributed by atoms with E-state index in [-0.39, 0.29) is 35.4 Å². The van der Waals surface area contributed by atoms with Gasteiger partial charge in [0.05, 0.1) is 11.4 Å². The van der Waals surface area contributed by atoms with Gasteiger partial charge in [0, 0.05) is 48.3 Å². The highest BCUT2D eigenvalue weighted by atomic mass is 35.5. The van der Waals surface area contributed by atoms with Crippen molar-refractivity contribution in [3.8, 4) is 17.3 Å². The van der Waals surface area contributed by atoms with E-state index in [1.165, 1.54) is 0 Å². The van der Waals surface area contributed by atoms with Crippen LogP contribution in [0.4, 0.5) is 15.0 Å². The molecule has 0 unspecified atom stereocenters. The third-order valence-electron chi connectivity index (χ3n) is 8.22. The Morgan fingerprint density at radius 2 is 1.91 bits per heavy atom. The summed E-state index contributed by atoms with van der Waals surface area (Å²) in [7, 11) is 3.95. The summed E-state index contributed by atoms with van der Waals surface area (Å²) in [5.41, 5.74) is 0.271. The molecule has 0 N–H and O–H groups in total. The molecule has 2 saturated heterocycles. The quantitative estimate of drug-likeness (QED) is 0.258. The van der Waals surface area contributed by atoms with Crippen LogP contribution in [-0.2, 0) is 4.74 Å². The molecule has 2 aliphatic heterocycles. The van der Waals surface area contributed by atoms with Crippen LogP contribution in [0.3, 0.4) is 0 Å². The van der Waals surface area contributed by atoms with E-state index in [0.717, 1.165) is 30.2 Å². The van der Waals surface area contributed by atoms with Crippen molar-refractivity contribution in [1.82, 2.24) is 24.8 Å². The fraction of sp³-hybridized carbons (Fsp3) is 0.438.